The van der Waals surface area contributed by atoms with Crippen molar-refractivity contribution >= 4 is 16.7 Å². The smallest absolute Gasteiger partial charge is 0.254 e. The Balaban J connectivity index is 1.57. The normalized spacial score (nSPS) is 17.1. The molecule has 2 heterocycles. The van der Waals surface area contributed by atoms with E-state index in [1.165, 1.54) is 0 Å². The fourth-order valence-electron chi connectivity index (χ4n) is 4.70. The second-order valence-corrected chi connectivity index (χ2v) is 9.49. The molecule has 1 amide bonds. The first kappa shape index (κ1) is 22.5. The van der Waals surface area contributed by atoms with Crippen LogP contribution in [0.3, 0.4) is 0 Å². The molecule has 0 aromatic heterocycles. The molecule has 3 aromatic carbocycles. The van der Waals surface area contributed by atoms with Crippen molar-refractivity contribution in [3.8, 4) is 17.2 Å². The fourth-order valence-corrected chi connectivity index (χ4v) is 4.70. The maximum absolute atomic E-state index is 13.6. The molecule has 0 atom stereocenters. The van der Waals surface area contributed by atoms with Gasteiger partial charge in [0.1, 0.15) is 29.5 Å². The highest BCUT2D eigenvalue weighted by Crippen LogP contribution is 2.43. The van der Waals surface area contributed by atoms with Gasteiger partial charge in [-0.3, -0.25) is 4.79 Å². The van der Waals surface area contributed by atoms with Gasteiger partial charge in [0.2, 0.25) is 0 Å². The minimum absolute atomic E-state index is 0.0346. The van der Waals surface area contributed by atoms with E-state index in [-0.39, 0.29) is 11.5 Å². The number of methoxy groups -OCH3 is 1. The molecule has 0 bridgehead atoms. The summed E-state index contributed by atoms with van der Waals surface area (Å²) in [5.41, 5.74) is 2.42. The zero-order valence-electron chi connectivity index (χ0n) is 20.1. The van der Waals surface area contributed by atoms with Crippen LogP contribution in [0.4, 0.5) is 0 Å². The first-order valence-corrected chi connectivity index (χ1v) is 11.9. The Hall–Kier alpha value is -3.25. The van der Waals surface area contributed by atoms with Gasteiger partial charge in [0.15, 0.2) is 0 Å². The third kappa shape index (κ3) is 4.42. The van der Waals surface area contributed by atoms with Crippen molar-refractivity contribution in [1.82, 2.24) is 4.90 Å². The molecule has 0 N–H and O–H groups in total. The van der Waals surface area contributed by atoms with Gasteiger partial charge in [-0.25, -0.2) is 0 Å². The largest absolute Gasteiger partial charge is 0.497 e. The van der Waals surface area contributed by atoms with Crippen molar-refractivity contribution in [3.05, 3.63) is 65.2 Å². The zero-order valence-corrected chi connectivity index (χ0v) is 20.1. The summed E-state index contributed by atoms with van der Waals surface area (Å²) in [7, 11) is 1.66. The molecule has 3 aromatic rings. The van der Waals surface area contributed by atoms with Gasteiger partial charge in [0.25, 0.3) is 5.91 Å². The molecule has 0 unspecified atom stereocenters. The first-order chi connectivity index (χ1) is 16.4. The lowest BCUT2D eigenvalue weighted by atomic mass is 9.88. The summed E-state index contributed by atoms with van der Waals surface area (Å²) in [5.74, 6) is 2.36. The number of fused-ring (bicyclic) bond motifs is 3. The predicted molar refractivity (Wildman–Crippen MR) is 131 cm³/mol. The first-order valence-electron chi connectivity index (χ1n) is 11.9. The van der Waals surface area contributed by atoms with Gasteiger partial charge in [-0.1, -0.05) is 24.3 Å². The van der Waals surface area contributed by atoms with E-state index in [1.807, 2.05) is 47.4 Å². The zero-order chi connectivity index (χ0) is 23.7. The maximum Gasteiger partial charge on any atom is 0.254 e. The molecule has 5 rings (SSSR count). The molecule has 2 aliphatic heterocycles. The van der Waals surface area contributed by atoms with Crippen LogP contribution in [0.15, 0.2) is 48.5 Å². The Morgan fingerprint density at radius 1 is 1.06 bits per heavy atom. The van der Waals surface area contributed by atoms with E-state index in [4.69, 9.17) is 18.9 Å². The molecule has 6 heteroatoms. The third-order valence-corrected chi connectivity index (χ3v) is 6.61. The quantitative estimate of drug-likeness (QED) is 0.535. The van der Waals surface area contributed by atoms with E-state index in [0.29, 0.717) is 38.5 Å². The highest BCUT2D eigenvalue weighted by Gasteiger charge is 2.33. The molecule has 34 heavy (non-hydrogen) atoms. The van der Waals surface area contributed by atoms with E-state index in [2.05, 4.69) is 19.9 Å². The molecule has 0 spiro atoms. The Bertz CT molecular complexity index is 1210. The van der Waals surface area contributed by atoms with Gasteiger partial charge in [0, 0.05) is 35.0 Å². The number of rotatable bonds is 5. The van der Waals surface area contributed by atoms with E-state index in [1.54, 1.807) is 7.11 Å². The van der Waals surface area contributed by atoms with Crippen LogP contribution in [0.5, 0.6) is 17.2 Å². The number of hydrogen-bond donors (Lipinski definition) is 0. The van der Waals surface area contributed by atoms with Crippen molar-refractivity contribution in [2.24, 2.45) is 0 Å². The maximum atomic E-state index is 13.6. The number of carbonyl (C=O) groups is 1. The topological polar surface area (TPSA) is 57.2 Å². The van der Waals surface area contributed by atoms with Crippen LogP contribution in [0, 0.1) is 0 Å². The molecule has 0 aliphatic carbocycles. The molecule has 0 saturated carbocycles. The van der Waals surface area contributed by atoms with Gasteiger partial charge in [-0.2, -0.15) is 0 Å². The number of nitrogens with zero attached hydrogens (tertiary/aromatic N) is 1. The summed E-state index contributed by atoms with van der Waals surface area (Å²) < 4.78 is 23.6. The second-order valence-electron chi connectivity index (χ2n) is 9.49. The van der Waals surface area contributed by atoms with Gasteiger partial charge < -0.3 is 23.8 Å². The standard InChI is InChI=1S/C28H31NO5/c1-28(2)11-10-22-24(27(30)29-12-14-32-15-13-29)17-23-21(26(22)34-28)8-5-9-25(23)33-18-19-6-4-7-20(16-19)31-3/h4-9,16-17H,10-15,18H2,1-3H3. The average Bonchev–Trinajstić information content (AvgIpc) is 2.86. The van der Waals surface area contributed by atoms with E-state index < -0.39 is 0 Å². The molecular weight excluding hydrogens is 430 g/mol. The lowest BCUT2D eigenvalue weighted by Gasteiger charge is -2.35. The van der Waals surface area contributed by atoms with E-state index in [9.17, 15) is 4.79 Å². The number of amides is 1. The van der Waals surface area contributed by atoms with Gasteiger partial charge in [0.05, 0.1) is 20.3 Å². The molecule has 1 saturated heterocycles. The average molecular weight is 462 g/mol. The monoisotopic (exact) mass is 461 g/mol. The molecule has 6 nitrogen and oxygen atoms in total. The lowest BCUT2D eigenvalue weighted by molar-refractivity contribution is 0.0299. The summed E-state index contributed by atoms with van der Waals surface area (Å²) in [6, 6.07) is 15.8. The predicted octanol–water partition coefficient (Wildman–Crippen LogP) is 5.00. The van der Waals surface area contributed by atoms with Crippen LogP contribution in [-0.2, 0) is 17.8 Å². The summed E-state index contributed by atoms with van der Waals surface area (Å²) in [6.07, 6.45) is 1.67. The summed E-state index contributed by atoms with van der Waals surface area (Å²) in [6.45, 7) is 6.94. The highest BCUT2D eigenvalue weighted by atomic mass is 16.5. The number of carbonyl (C=O) groups excluding carboxylic acids is 1. The number of ether oxygens (including phenoxy) is 4. The lowest BCUT2D eigenvalue weighted by Crippen LogP contribution is -2.41. The van der Waals surface area contributed by atoms with Crippen LogP contribution >= 0.6 is 0 Å². The Morgan fingerprint density at radius 3 is 2.65 bits per heavy atom. The summed E-state index contributed by atoms with van der Waals surface area (Å²) in [5, 5.41) is 1.86. The van der Waals surface area contributed by atoms with Crippen LogP contribution < -0.4 is 14.2 Å². The second kappa shape index (κ2) is 9.18. The van der Waals surface area contributed by atoms with E-state index >= 15 is 0 Å². The van der Waals surface area contributed by atoms with Crippen molar-refractivity contribution in [2.75, 3.05) is 33.4 Å². The van der Waals surface area contributed by atoms with Gasteiger partial charge in [-0.05, 0) is 56.5 Å². The van der Waals surface area contributed by atoms with Crippen molar-refractivity contribution in [2.45, 2.75) is 38.9 Å². The number of morpholine rings is 1. The highest BCUT2D eigenvalue weighted by molar-refractivity contribution is 6.05. The van der Waals surface area contributed by atoms with Crippen molar-refractivity contribution < 1.29 is 23.7 Å². The van der Waals surface area contributed by atoms with E-state index in [0.717, 1.165) is 52.0 Å². The van der Waals surface area contributed by atoms with Gasteiger partial charge in [-0.15, -0.1) is 0 Å². The van der Waals surface area contributed by atoms with Crippen LogP contribution in [0.2, 0.25) is 0 Å². The summed E-state index contributed by atoms with van der Waals surface area (Å²) >= 11 is 0. The molecule has 0 radical (unpaired) electrons. The third-order valence-electron chi connectivity index (χ3n) is 6.61. The van der Waals surface area contributed by atoms with Crippen LogP contribution in [-0.4, -0.2) is 49.8 Å². The van der Waals surface area contributed by atoms with Crippen LogP contribution in [0.25, 0.3) is 10.8 Å². The number of hydrogen-bond acceptors (Lipinski definition) is 5. The minimum atomic E-state index is -0.294. The van der Waals surface area contributed by atoms with Crippen molar-refractivity contribution in [1.29, 1.82) is 0 Å². The van der Waals surface area contributed by atoms with Gasteiger partial charge >= 0.3 is 0 Å². The fraction of sp³-hybridized carbons (Fsp3) is 0.393. The molecule has 2 aliphatic rings. The molecule has 178 valence electrons. The number of benzene rings is 3. The van der Waals surface area contributed by atoms with Crippen LogP contribution in [0.1, 0.15) is 41.8 Å². The minimum Gasteiger partial charge on any atom is -0.497 e. The SMILES string of the molecule is COc1cccc(COc2cccc3c4c(c(C(=O)N5CCOCC5)cc23)CCC(C)(C)O4)c1. The molecular formula is C28H31NO5. The summed E-state index contributed by atoms with van der Waals surface area (Å²) in [4.78, 5) is 15.5. The Kier molecular flexibility index (Phi) is 6.09. The Labute approximate surface area is 200 Å². The Morgan fingerprint density at radius 2 is 1.85 bits per heavy atom. The van der Waals surface area contributed by atoms with Crippen molar-refractivity contribution in [3.63, 3.8) is 0 Å². The molecule has 1 fully saturated rings.